The molecular formula is C16H23N3O. The molecule has 0 amide bonds. The summed E-state index contributed by atoms with van der Waals surface area (Å²) < 4.78 is 7.17. The summed E-state index contributed by atoms with van der Waals surface area (Å²) in [5, 5.41) is 7.85. The topological polar surface area (TPSA) is 39.1 Å². The zero-order valence-corrected chi connectivity index (χ0v) is 12.5. The fourth-order valence-electron chi connectivity index (χ4n) is 2.13. The second-order valence-electron chi connectivity index (χ2n) is 4.99. The lowest BCUT2D eigenvalue weighted by Crippen LogP contribution is -2.17. The van der Waals surface area contributed by atoms with E-state index >= 15 is 0 Å². The summed E-state index contributed by atoms with van der Waals surface area (Å²) in [7, 11) is 1.69. The van der Waals surface area contributed by atoms with Crippen LogP contribution in [0.25, 0.3) is 0 Å². The summed E-state index contributed by atoms with van der Waals surface area (Å²) in [4.78, 5) is 0. The number of methoxy groups -OCH3 is 1. The van der Waals surface area contributed by atoms with Crippen molar-refractivity contribution >= 4 is 0 Å². The van der Waals surface area contributed by atoms with Gasteiger partial charge in [-0.15, -0.1) is 0 Å². The Kier molecular flexibility index (Phi) is 5.18. The maximum absolute atomic E-state index is 5.17. The van der Waals surface area contributed by atoms with Gasteiger partial charge in [0.15, 0.2) is 0 Å². The molecule has 1 aromatic heterocycles. The van der Waals surface area contributed by atoms with E-state index in [1.807, 2.05) is 23.0 Å². The Morgan fingerprint density at radius 1 is 1.30 bits per heavy atom. The van der Waals surface area contributed by atoms with E-state index in [0.29, 0.717) is 6.04 Å². The lowest BCUT2D eigenvalue weighted by molar-refractivity contribution is 0.414. The second kappa shape index (κ2) is 7.10. The third-order valence-electron chi connectivity index (χ3n) is 3.37. The SMILES string of the molecule is CCCn1cc(CN[C@H](C)c2ccc(OC)cc2)cn1. The quantitative estimate of drug-likeness (QED) is 0.842. The van der Waals surface area contributed by atoms with E-state index in [0.717, 1.165) is 25.3 Å². The van der Waals surface area contributed by atoms with Gasteiger partial charge in [-0.05, 0) is 31.0 Å². The molecule has 0 saturated carbocycles. The Morgan fingerprint density at radius 2 is 2.05 bits per heavy atom. The van der Waals surface area contributed by atoms with Crippen LogP contribution in [-0.4, -0.2) is 16.9 Å². The summed E-state index contributed by atoms with van der Waals surface area (Å²) in [6.45, 7) is 6.13. The van der Waals surface area contributed by atoms with Gasteiger partial charge in [-0.1, -0.05) is 19.1 Å². The highest BCUT2D eigenvalue weighted by Gasteiger charge is 2.06. The number of aromatic nitrogens is 2. The van der Waals surface area contributed by atoms with Gasteiger partial charge in [-0.3, -0.25) is 4.68 Å². The average molecular weight is 273 g/mol. The molecule has 20 heavy (non-hydrogen) atoms. The molecule has 0 aliphatic heterocycles. The molecule has 2 rings (SSSR count). The van der Waals surface area contributed by atoms with Crippen molar-refractivity contribution in [2.75, 3.05) is 7.11 Å². The largest absolute Gasteiger partial charge is 0.497 e. The van der Waals surface area contributed by atoms with Gasteiger partial charge >= 0.3 is 0 Å². The first-order valence-electron chi connectivity index (χ1n) is 7.11. The summed E-state index contributed by atoms with van der Waals surface area (Å²) in [6.07, 6.45) is 5.15. The number of nitrogens with zero attached hydrogens (tertiary/aromatic N) is 2. The van der Waals surface area contributed by atoms with E-state index < -0.39 is 0 Å². The van der Waals surface area contributed by atoms with E-state index in [1.54, 1.807) is 7.11 Å². The maximum Gasteiger partial charge on any atom is 0.118 e. The van der Waals surface area contributed by atoms with Crippen molar-refractivity contribution in [3.05, 3.63) is 47.8 Å². The molecule has 0 saturated heterocycles. The summed E-state index contributed by atoms with van der Waals surface area (Å²) >= 11 is 0. The smallest absolute Gasteiger partial charge is 0.118 e. The van der Waals surface area contributed by atoms with Crippen molar-refractivity contribution in [3.8, 4) is 5.75 Å². The van der Waals surface area contributed by atoms with Crippen LogP contribution < -0.4 is 10.1 Å². The van der Waals surface area contributed by atoms with Crippen molar-refractivity contribution in [2.45, 2.75) is 39.4 Å². The Bertz CT molecular complexity index is 519. The van der Waals surface area contributed by atoms with Crippen LogP contribution in [0.15, 0.2) is 36.7 Å². The third kappa shape index (κ3) is 3.84. The van der Waals surface area contributed by atoms with E-state index in [9.17, 15) is 0 Å². The zero-order valence-electron chi connectivity index (χ0n) is 12.5. The van der Waals surface area contributed by atoms with Gasteiger partial charge in [0.05, 0.1) is 13.3 Å². The summed E-state index contributed by atoms with van der Waals surface area (Å²) in [5.41, 5.74) is 2.48. The van der Waals surface area contributed by atoms with Crippen molar-refractivity contribution in [1.82, 2.24) is 15.1 Å². The molecule has 1 heterocycles. The van der Waals surface area contributed by atoms with Crippen LogP contribution >= 0.6 is 0 Å². The highest BCUT2D eigenvalue weighted by atomic mass is 16.5. The minimum absolute atomic E-state index is 0.301. The maximum atomic E-state index is 5.17. The van der Waals surface area contributed by atoms with Crippen LogP contribution in [-0.2, 0) is 13.1 Å². The standard InChI is InChI=1S/C16H23N3O/c1-4-9-19-12-14(11-18-19)10-17-13(2)15-5-7-16(20-3)8-6-15/h5-8,11-13,17H,4,9-10H2,1-3H3/t13-/m1/s1. The lowest BCUT2D eigenvalue weighted by Gasteiger charge is -2.14. The van der Waals surface area contributed by atoms with Crippen LogP contribution in [0.1, 0.15) is 37.4 Å². The molecular weight excluding hydrogens is 250 g/mol. The van der Waals surface area contributed by atoms with Gasteiger partial charge in [0.1, 0.15) is 5.75 Å². The predicted molar refractivity (Wildman–Crippen MR) is 80.8 cm³/mol. The predicted octanol–water partition coefficient (Wildman–Crippen LogP) is 3.15. The minimum atomic E-state index is 0.301. The van der Waals surface area contributed by atoms with Crippen LogP contribution in [0.3, 0.4) is 0 Å². The lowest BCUT2D eigenvalue weighted by atomic mass is 10.1. The van der Waals surface area contributed by atoms with E-state index in [4.69, 9.17) is 4.74 Å². The van der Waals surface area contributed by atoms with E-state index in [-0.39, 0.29) is 0 Å². The minimum Gasteiger partial charge on any atom is -0.497 e. The molecule has 1 atom stereocenters. The van der Waals surface area contributed by atoms with Crippen molar-refractivity contribution in [2.24, 2.45) is 0 Å². The first-order chi connectivity index (χ1) is 9.72. The van der Waals surface area contributed by atoms with Crippen LogP contribution in [0.4, 0.5) is 0 Å². The molecule has 2 aromatic rings. The fraction of sp³-hybridized carbons (Fsp3) is 0.438. The van der Waals surface area contributed by atoms with Gasteiger partial charge < -0.3 is 10.1 Å². The van der Waals surface area contributed by atoms with Crippen molar-refractivity contribution < 1.29 is 4.74 Å². The Hall–Kier alpha value is -1.81. The van der Waals surface area contributed by atoms with Gasteiger partial charge in [-0.25, -0.2) is 0 Å². The summed E-state index contributed by atoms with van der Waals surface area (Å²) in [5.74, 6) is 0.891. The van der Waals surface area contributed by atoms with E-state index in [1.165, 1.54) is 11.1 Å². The van der Waals surface area contributed by atoms with E-state index in [2.05, 4.69) is 42.6 Å². The molecule has 0 bridgehead atoms. The zero-order chi connectivity index (χ0) is 14.4. The molecule has 0 spiro atoms. The monoisotopic (exact) mass is 273 g/mol. The van der Waals surface area contributed by atoms with Gasteiger partial charge in [-0.2, -0.15) is 5.10 Å². The van der Waals surface area contributed by atoms with Crippen LogP contribution in [0.5, 0.6) is 5.75 Å². The van der Waals surface area contributed by atoms with Crippen molar-refractivity contribution in [1.29, 1.82) is 0 Å². The number of hydrogen-bond acceptors (Lipinski definition) is 3. The molecule has 1 N–H and O–H groups in total. The molecule has 0 aliphatic rings. The van der Waals surface area contributed by atoms with Gasteiger partial charge in [0, 0.05) is 30.9 Å². The number of ether oxygens (including phenoxy) is 1. The molecule has 0 unspecified atom stereocenters. The molecule has 0 fully saturated rings. The number of rotatable bonds is 7. The molecule has 4 nitrogen and oxygen atoms in total. The Balaban J connectivity index is 1.88. The normalized spacial score (nSPS) is 12.3. The van der Waals surface area contributed by atoms with Crippen LogP contribution in [0, 0.1) is 0 Å². The molecule has 4 heteroatoms. The number of hydrogen-bond donors (Lipinski definition) is 1. The molecule has 108 valence electrons. The van der Waals surface area contributed by atoms with Gasteiger partial charge in [0.2, 0.25) is 0 Å². The van der Waals surface area contributed by atoms with Crippen LogP contribution in [0.2, 0.25) is 0 Å². The average Bonchev–Trinajstić information content (AvgIpc) is 2.93. The molecule has 1 aromatic carbocycles. The molecule has 0 aliphatic carbocycles. The third-order valence-corrected chi connectivity index (χ3v) is 3.37. The Labute approximate surface area is 120 Å². The first kappa shape index (κ1) is 14.6. The highest BCUT2D eigenvalue weighted by molar-refractivity contribution is 5.28. The second-order valence-corrected chi connectivity index (χ2v) is 4.99. The fourth-order valence-corrected chi connectivity index (χ4v) is 2.13. The molecule has 0 radical (unpaired) electrons. The first-order valence-corrected chi connectivity index (χ1v) is 7.11. The highest BCUT2D eigenvalue weighted by Crippen LogP contribution is 2.17. The number of aryl methyl sites for hydroxylation is 1. The number of benzene rings is 1. The van der Waals surface area contributed by atoms with Crippen molar-refractivity contribution in [3.63, 3.8) is 0 Å². The summed E-state index contributed by atoms with van der Waals surface area (Å²) in [6, 6.07) is 8.48. The number of nitrogens with one attached hydrogen (secondary N) is 1. The van der Waals surface area contributed by atoms with Gasteiger partial charge in [0.25, 0.3) is 0 Å². The Morgan fingerprint density at radius 3 is 2.70 bits per heavy atom.